The number of carbonyl (C=O) groups excluding carboxylic acids is 1. The van der Waals surface area contributed by atoms with Gasteiger partial charge in [-0.15, -0.1) is 0 Å². The first-order valence-corrected chi connectivity index (χ1v) is 14.4. The van der Waals surface area contributed by atoms with Crippen LogP contribution in [0.5, 0.6) is 0 Å². The van der Waals surface area contributed by atoms with E-state index >= 15 is 0 Å². The molecule has 4 heteroatoms. The van der Waals surface area contributed by atoms with Crippen LogP contribution in [0.3, 0.4) is 0 Å². The van der Waals surface area contributed by atoms with Crippen molar-refractivity contribution in [1.82, 2.24) is 0 Å². The van der Waals surface area contributed by atoms with Gasteiger partial charge in [0, 0.05) is 6.10 Å². The van der Waals surface area contributed by atoms with Crippen molar-refractivity contribution >= 4 is 14.3 Å². The van der Waals surface area contributed by atoms with Crippen molar-refractivity contribution in [1.29, 1.82) is 0 Å². The minimum atomic E-state index is -1.75. The lowest BCUT2D eigenvalue weighted by Crippen LogP contribution is -2.50. The van der Waals surface area contributed by atoms with Crippen LogP contribution in [0, 0.1) is 28.6 Å². The predicted octanol–water partition coefficient (Wildman–Crippen LogP) is 6.82. The van der Waals surface area contributed by atoms with E-state index in [4.69, 9.17) is 9.16 Å². The van der Waals surface area contributed by atoms with E-state index < -0.39 is 13.7 Å². The Hall–Kier alpha value is -0.353. The molecule has 3 nitrogen and oxygen atoms in total. The second-order valence-corrected chi connectivity index (χ2v) is 17.2. The minimum absolute atomic E-state index is 0.0816. The SMILES string of the molecule is C[C@H](COC(=O)C(C)(C)C)[C@H]1CC[C@H]2[C@@H](O[Si](C)(C)C(C)(C)C)CCC[C@@]12C. The lowest BCUT2D eigenvalue weighted by Gasteiger charge is -2.49. The zero-order valence-corrected chi connectivity index (χ0v) is 21.3. The van der Waals surface area contributed by atoms with E-state index in [1.807, 2.05) is 20.8 Å². The average molecular weight is 411 g/mol. The van der Waals surface area contributed by atoms with Gasteiger partial charge in [-0.1, -0.05) is 41.0 Å². The average Bonchev–Trinajstić information content (AvgIpc) is 2.88. The van der Waals surface area contributed by atoms with Gasteiger partial charge in [0.05, 0.1) is 12.0 Å². The van der Waals surface area contributed by atoms with E-state index in [9.17, 15) is 4.79 Å². The third-order valence-corrected chi connectivity index (χ3v) is 12.7. The number of hydrogen-bond acceptors (Lipinski definition) is 3. The predicted molar refractivity (Wildman–Crippen MR) is 120 cm³/mol. The summed E-state index contributed by atoms with van der Waals surface area (Å²) in [5.41, 5.74) is -0.104. The van der Waals surface area contributed by atoms with E-state index in [1.54, 1.807) is 0 Å². The highest BCUT2D eigenvalue weighted by atomic mass is 28.4. The van der Waals surface area contributed by atoms with Crippen LogP contribution in [-0.2, 0) is 14.0 Å². The Morgan fingerprint density at radius 1 is 1.11 bits per heavy atom. The summed E-state index contributed by atoms with van der Waals surface area (Å²) in [6, 6.07) is 0. The van der Waals surface area contributed by atoms with Crippen LogP contribution in [0.15, 0.2) is 0 Å². The van der Waals surface area contributed by atoms with Crippen molar-refractivity contribution in [2.24, 2.45) is 28.6 Å². The van der Waals surface area contributed by atoms with E-state index in [0.717, 1.165) is 0 Å². The van der Waals surface area contributed by atoms with E-state index in [-0.39, 0.29) is 11.0 Å². The van der Waals surface area contributed by atoms with Gasteiger partial charge < -0.3 is 9.16 Å². The molecule has 2 rings (SSSR count). The van der Waals surface area contributed by atoms with Gasteiger partial charge in [0.25, 0.3) is 0 Å². The van der Waals surface area contributed by atoms with Crippen molar-refractivity contribution in [3.05, 3.63) is 0 Å². The van der Waals surface area contributed by atoms with E-state index in [2.05, 4.69) is 47.7 Å². The third kappa shape index (κ3) is 4.86. The first kappa shape index (κ1) is 23.9. The molecule has 28 heavy (non-hydrogen) atoms. The molecule has 0 radical (unpaired) electrons. The van der Waals surface area contributed by atoms with Gasteiger partial charge >= 0.3 is 5.97 Å². The number of hydrogen-bond donors (Lipinski definition) is 0. The van der Waals surface area contributed by atoms with Crippen molar-refractivity contribution < 1.29 is 14.0 Å². The molecule has 0 heterocycles. The molecule has 2 fully saturated rings. The fourth-order valence-electron chi connectivity index (χ4n) is 5.33. The molecule has 0 amide bonds. The van der Waals surface area contributed by atoms with E-state index in [1.165, 1.54) is 32.1 Å². The molecule has 0 N–H and O–H groups in total. The van der Waals surface area contributed by atoms with Gasteiger partial charge in [-0.25, -0.2) is 0 Å². The Labute approximate surface area is 175 Å². The molecule has 0 aromatic heterocycles. The van der Waals surface area contributed by atoms with Gasteiger partial charge in [-0.3, -0.25) is 4.79 Å². The summed E-state index contributed by atoms with van der Waals surface area (Å²) in [7, 11) is -1.75. The summed E-state index contributed by atoms with van der Waals surface area (Å²) in [4.78, 5) is 12.2. The molecular weight excluding hydrogens is 364 g/mol. The molecule has 0 spiro atoms. The maximum absolute atomic E-state index is 12.2. The Morgan fingerprint density at radius 2 is 1.71 bits per heavy atom. The molecule has 2 saturated carbocycles. The fraction of sp³-hybridized carbons (Fsp3) is 0.958. The molecule has 0 aromatic carbocycles. The highest BCUT2D eigenvalue weighted by Crippen LogP contribution is 2.59. The molecular formula is C24H46O3Si. The summed E-state index contributed by atoms with van der Waals surface area (Å²) in [5, 5.41) is 0.257. The van der Waals surface area contributed by atoms with Gasteiger partial charge in [0.2, 0.25) is 0 Å². The lowest BCUT2D eigenvalue weighted by atomic mass is 9.62. The van der Waals surface area contributed by atoms with E-state index in [0.29, 0.717) is 35.9 Å². The number of fused-ring (bicyclic) bond motifs is 1. The Morgan fingerprint density at radius 3 is 2.25 bits per heavy atom. The normalized spacial score (nSPS) is 32.7. The van der Waals surface area contributed by atoms with Gasteiger partial charge in [-0.05, 0) is 87.8 Å². The summed E-state index contributed by atoms with van der Waals surface area (Å²) in [5.74, 6) is 1.60. The molecule has 5 atom stereocenters. The summed E-state index contributed by atoms with van der Waals surface area (Å²) >= 11 is 0. The quantitative estimate of drug-likeness (QED) is 0.368. The van der Waals surface area contributed by atoms with Crippen LogP contribution in [0.1, 0.15) is 87.5 Å². The maximum atomic E-state index is 12.2. The standard InChI is InChI=1S/C24H46O3Si/c1-17(16-26-21(25)22(2,3)4)18-13-14-19-20(12-11-15-24(18,19)8)27-28(9,10)23(5,6)7/h17-20H,11-16H2,1-10H3/t17-,18-,19+,20+,24+/m1/s1. The first-order valence-electron chi connectivity index (χ1n) is 11.4. The number of ether oxygens (including phenoxy) is 1. The highest BCUT2D eigenvalue weighted by molar-refractivity contribution is 6.74. The monoisotopic (exact) mass is 410 g/mol. The van der Waals surface area contributed by atoms with Crippen LogP contribution in [0.4, 0.5) is 0 Å². The van der Waals surface area contributed by atoms with Crippen LogP contribution in [-0.4, -0.2) is 27.0 Å². The summed E-state index contributed by atoms with van der Waals surface area (Å²) < 4.78 is 12.6. The zero-order valence-electron chi connectivity index (χ0n) is 20.3. The fourth-order valence-corrected chi connectivity index (χ4v) is 6.72. The van der Waals surface area contributed by atoms with Crippen LogP contribution in [0.25, 0.3) is 0 Å². The zero-order chi connectivity index (χ0) is 21.5. The second-order valence-electron chi connectivity index (χ2n) is 12.4. The Kier molecular flexibility index (Phi) is 6.88. The van der Waals surface area contributed by atoms with Crippen LogP contribution < -0.4 is 0 Å². The van der Waals surface area contributed by atoms with Crippen LogP contribution >= 0.6 is 0 Å². The molecule has 2 aliphatic rings. The number of carbonyl (C=O) groups is 1. The van der Waals surface area contributed by atoms with Gasteiger partial charge in [0.1, 0.15) is 0 Å². The smallest absolute Gasteiger partial charge is 0.311 e. The number of esters is 1. The molecule has 2 aliphatic carbocycles. The minimum Gasteiger partial charge on any atom is -0.465 e. The van der Waals surface area contributed by atoms with Gasteiger partial charge in [0.15, 0.2) is 8.32 Å². The van der Waals surface area contributed by atoms with Crippen molar-refractivity contribution in [3.63, 3.8) is 0 Å². The van der Waals surface area contributed by atoms with Crippen molar-refractivity contribution in [2.75, 3.05) is 6.61 Å². The maximum Gasteiger partial charge on any atom is 0.311 e. The molecule has 164 valence electrons. The first-order chi connectivity index (χ1) is 12.6. The summed E-state index contributed by atoms with van der Waals surface area (Å²) in [6.45, 7) is 22.9. The third-order valence-electron chi connectivity index (χ3n) is 8.16. The second kappa shape index (κ2) is 8.06. The topological polar surface area (TPSA) is 35.5 Å². The van der Waals surface area contributed by atoms with Crippen LogP contribution in [0.2, 0.25) is 18.1 Å². The molecule has 0 saturated heterocycles. The van der Waals surface area contributed by atoms with Crippen molar-refractivity contribution in [2.45, 2.75) is 112 Å². The number of rotatable bonds is 5. The Balaban J connectivity index is 2.07. The molecule has 0 aliphatic heterocycles. The molecule has 0 aromatic rings. The lowest BCUT2D eigenvalue weighted by molar-refractivity contribution is -0.155. The molecule has 0 bridgehead atoms. The Bertz CT molecular complexity index is 557. The molecule has 0 unspecified atom stereocenters. The summed E-state index contributed by atoms with van der Waals surface area (Å²) in [6.07, 6.45) is 6.68. The van der Waals surface area contributed by atoms with Gasteiger partial charge in [-0.2, -0.15) is 0 Å². The highest BCUT2D eigenvalue weighted by Gasteiger charge is 2.54. The van der Waals surface area contributed by atoms with Crippen molar-refractivity contribution in [3.8, 4) is 0 Å². The largest absolute Gasteiger partial charge is 0.465 e.